The lowest BCUT2D eigenvalue weighted by Gasteiger charge is -2.05. The van der Waals surface area contributed by atoms with Crippen LogP contribution < -0.4 is 5.32 Å². The van der Waals surface area contributed by atoms with Gasteiger partial charge in [0.2, 0.25) is 5.91 Å². The first kappa shape index (κ1) is 12.7. The second-order valence-corrected chi connectivity index (χ2v) is 3.41. The second kappa shape index (κ2) is 7.84. The van der Waals surface area contributed by atoms with Gasteiger partial charge in [-0.1, -0.05) is 30.3 Å². The van der Waals surface area contributed by atoms with E-state index in [1.165, 1.54) is 0 Å². The van der Waals surface area contributed by atoms with Gasteiger partial charge >= 0.3 is 0 Å². The minimum absolute atomic E-state index is 0.0559. The quantitative estimate of drug-likeness (QED) is 0.669. The van der Waals surface area contributed by atoms with Gasteiger partial charge in [0.1, 0.15) is 6.61 Å². The van der Waals surface area contributed by atoms with E-state index in [2.05, 4.69) is 5.32 Å². The van der Waals surface area contributed by atoms with Gasteiger partial charge in [-0.05, 0) is 12.0 Å². The maximum absolute atomic E-state index is 11.2. The van der Waals surface area contributed by atoms with Gasteiger partial charge in [-0.25, -0.2) is 0 Å². The van der Waals surface area contributed by atoms with E-state index < -0.39 is 0 Å². The van der Waals surface area contributed by atoms with Gasteiger partial charge < -0.3 is 15.2 Å². The molecule has 0 atom stereocenters. The standard InChI is InChI=1S/C12H17NO3/c14-8-4-7-13-12(15)10-16-9-11-5-2-1-3-6-11/h1-3,5-6,14H,4,7-10H2,(H,13,15). The van der Waals surface area contributed by atoms with Crippen LogP contribution in [0.15, 0.2) is 30.3 Å². The number of ether oxygens (including phenoxy) is 1. The number of aliphatic hydroxyl groups excluding tert-OH is 1. The number of carbonyl (C=O) groups is 1. The third-order valence-corrected chi connectivity index (χ3v) is 2.00. The van der Waals surface area contributed by atoms with Crippen LogP contribution in [0, 0.1) is 0 Å². The lowest BCUT2D eigenvalue weighted by molar-refractivity contribution is -0.126. The highest BCUT2D eigenvalue weighted by Gasteiger charge is 2.00. The molecule has 0 aromatic heterocycles. The first-order valence-electron chi connectivity index (χ1n) is 5.32. The van der Waals surface area contributed by atoms with Gasteiger partial charge in [-0.3, -0.25) is 4.79 Å². The molecule has 0 aliphatic rings. The average molecular weight is 223 g/mol. The Hall–Kier alpha value is -1.39. The zero-order valence-electron chi connectivity index (χ0n) is 9.19. The fourth-order valence-electron chi connectivity index (χ4n) is 1.19. The van der Waals surface area contributed by atoms with E-state index in [4.69, 9.17) is 9.84 Å². The van der Waals surface area contributed by atoms with Crippen LogP contribution in [0.5, 0.6) is 0 Å². The molecular weight excluding hydrogens is 206 g/mol. The largest absolute Gasteiger partial charge is 0.396 e. The molecule has 0 aliphatic carbocycles. The topological polar surface area (TPSA) is 58.6 Å². The number of hydrogen-bond acceptors (Lipinski definition) is 3. The summed E-state index contributed by atoms with van der Waals surface area (Å²) in [7, 11) is 0. The molecule has 0 saturated carbocycles. The minimum Gasteiger partial charge on any atom is -0.396 e. The minimum atomic E-state index is -0.149. The van der Waals surface area contributed by atoms with E-state index in [0.29, 0.717) is 19.6 Å². The summed E-state index contributed by atoms with van der Waals surface area (Å²) < 4.78 is 5.24. The van der Waals surface area contributed by atoms with Crippen molar-refractivity contribution < 1.29 is 14.6 Å². The summed E-state index contributed by atoms with van der Waals surface area (Å²) in [5.41, 5.74) is 1.05. The lowest BCUT2D eigenvalue weighted by atomic mass is 10.2. The molecule has 1 aromatic rings. The summed E-state index contributed by atoms with van der Waals surface area (Å²) in [5.74, 6) is -0.149. The van der Waals surface area contributed by atoms with Gasteiger partial charge in [0.15, 0.2) is 0 Å². The Bertz CT molecular complexity index is 300. The Morgan fingerprint density at radius 2 is 2.06 bits per heavy atom. The number of rotatable bonds is 7. The molecule has 1 amide bonds. The number of hydrogen-bond donors (Lipinski definition) is 2. The van der Waals surface area contributed by atoms with Crippen molar-refractivity contribution >= 4 is 5.91 Å². The van der Waals surface area contributed by atoms with Gasteiger partial charge in [-0.2, -0.15) is 0 Å². The summed E-state index contributed by atoms with van der Waals surface area (Å²) in [5, 5.41) is 11.2. The molecule has 4 heteroatoms. The Balaban J connectivity index is 2.09. The van der Waals surface area contributed by atoms with Crippen LogP contribution in [-0.4, -0.2) is 30.8 Å². The molecule has 4 nitrogen and oxygen atoms in total. The first-order valence-corrected chi connectivity index (χ1v) is 5.32. The highest BCUT2D eigenvalue weighted by Crippen LogP contribution is 1.99. The van der Waals surface area contributed by atoms with E-state index in [1.54, 1.807) is 0 Å². The number of aliphatic hydroxyl groups is 1. The van der Waals surface area contributed by atoms with Gasteiger partial charge in [0, 0.05) is 13.2 Å². The summed E-state index contributed by atoms with van der Waals surface area (Å²) in [6, 6.07) is 9.69. The molecule has 88 valence electrons. The Labute approximate surface area is 95.2 Å². The molecule has 2 N–H and O–H groups in total. The molecule has 0 spiro atoms. The van der Waals surface area contributed by atoms with E-state index in [1.807, 2.05) is 30.3 Å². The van der Waals surface area contributed by atoms with Crippen molar-refractivity contribution in [1.82, 2.24) is 5.32 Å². The van der Waals surface area contributed by atoms with E-state index >= 15 is 0 Å². The third-order valence-electron chi connectivity index (χ3n) is 2.00. The Morgan fingerprint density at radius 3 is 2.75 bits per heavy atom. The van der Waals surface area contributed by atoms with Gasteiger partial charge in [0.05, 0.1) is 6.61 Å². The van der Waals surface area contributed by atoms with Crippen LogP contribution in [0.3, 0.4) is 0 Å². The highest BCUT2D eigenvalue weighted by molar-refractivity contribution is 5.77. The number of nitrogens with one attached hydrogen (secondary N) is 1. The SMILES string of the molecule is O=C(COCc1ccccc1)NCCCO. The zero-order chi connectivity index (χ0) is 11.6. The molecular formula is C12H17NO3. The average Bonchev–Trinajstić information content (AvgIpc) is 2.31. The molecule has 16 heavy (non-hydrogen) atoms. The van der Waals surface area contributed by atoms with Gasteiger partial charge in [0.25, 0.3) is 0 Å². The summed E-state index contributed by atoms with van der Waals surface area (Å²) in [6.07, 6.45) is 0.574. The summed E-state index contributed by atoms with van der Waals surface area (Å²) in [6.45, 7) is 1.07. The van der Waals surface area contributed by atoms with Crippen molar-refractivity contribution in [2.75, 3.05) is 19.8 Å². The van der Waals surface area contributed by atoms with Crippen molar-refractivity contribution in [3.8, 4) is 0 Å². The molecule has 1 aromatic carbocycles. The van der Waals surface area contributed by atoms with Crippen molar-refractivity contribution in [2.45, 2.75) is 13.0 Å². The molecule has 0 radical (unpaired) electrons. The molecule has 0 unspecified atom stereocenters. The molecule has 0 bridgehead atoms. The van der Waals surface area contributed by atoms with Crippen molar-refractivity contribution in [3.05, 3.63) is 35.9 Å². The van der Waals surface area contributed by atoms with Crippen molar-refractivity contribution in [3.63, 3.8) is 0 Å². The maximum Gasteiger partial charge on any atom is 0.246 e. The van der Waals surface area contributed by atoms with Crippen molar-refractivity contribution in [1.29, 1.82) is 0 Å². The van der Waals surface area contributed by atoms with E-state index in [-0.39, 0.29) is 19.1 Å². The van der Waals surface area contributed by atoms with E-state index in [9.17, 15) is 4.79 Å². The Kier molecular flexibility index (Phi) is 6.22. The molecule has 0 saturated heterocycles. The smallest absolute Gasteiger partial charge is 0.246 e. The highest BCUT2D eigenvalue weighted by atomic mass is 16.5. The lowest BCUT2D eigenvalue weighted by Crippen LogP contribution is -2.28. The van der Waals surface area contributed by atoms with Crippen molar-refractivity contribution in [2.24, 2.45) is 0 Å². The normalized spacial score (nSPS) is 10.1. The van der Waals surface area contributed by atoms with Crippen LogP contribution in [0.25, 0.3) is 0 Å². The zero-order valence-corrected chi connectivity index (χ0v) is 9.19. The van der Waals surface area contributed by atoms with Crippen LogP contribution in [0.1, 0.15) is 12.0 Å². The third kappa shape index (κ3) is 5.48. The van der Waals surface area contributed by atoms with Crippen LogP contribution in [0.2, 0.25) is 0 Å². The summed E-state index contributed by atoms with van der Waals surface area (Å²) >= 11 is 0. The van der Waals surface area contributed by atoms with E-state index in [0.717, 1.165) is 5.56 Å². The predicted octanol–water partition coefficient (Wildman–Crippen LogP) is 0.702. The molecule has 0 heterocycles. The fraction of sp³-hybridized carbons (Fsp3) is 0.417. The molecule has 0 fully saturated rings. The number of amides is 1. The monoisotopic (exact) mass is 223 g/mol. The van der Waals surface area contributed by atoms with Crippen LogP contribution in [0.4, 0.5) is 0 Å². The van der Waals surface area contributed by atoms with Crippen LogP contribution >= 0.6 is 0 Å². The first-order chi connectivity index (χ1) is 7.83. The number of benzene rings is 1. The summed E-state index contributed by atoms with van der Waals surface area (Å²) in [4.78, 5) is 11.2. The maximum atomic E-state index is 11.2. The molecule has 0 aliphatic heterocycles. The fourth-order valence-corrected chi connectivity index (χ4v) is 1.19. The van der Waals surface area contributed by atoms with Crippen LogP contribution in [-0.2, 0) is 16.1 Å². The second-order valence-electron chi connectivity index (χ2n) is 3.41. The predicted molar refractivity (Wildman–Crippen MR) is 60.8 cm³/mol. The Morgan fingerprint density at radius 1 is 1.31 bits per heavy atom. The number of carbonyl (C=O) groups excluding carboxylic acids is 1. The van der Waals surface area contributed by atoms with Gasteiger partial charge in [-0.15, -0.1) is 0 Å². The molecule has 1 rings (SSSR count).